The molecule has 3 rings (SSSR count). The van der Waals surface area contributed by atoms with Crippen molar-refractivity contribution in [2.24, 2.45) is 0 Å². The SMILES string of the molecule is O=[N+]([O-])c1ccc(S(=O)(=O)N2CCN(c3cccnn3)CC2)cc1. The van der Waals surface area contributed by atoms with Crippen molar-refractivity contribution in [3.05, 3.63) is 52.7 Å². The van der Waals surface area contributed by atoms with Gasteiger partial charge in [0.2, 0.25) is 10.0 Å². The van der Waals surface area contributed by atoms with Crippen molar-refractivity contribution in [3.63, 3.8) is 0 Å². The molecule has 2 aromatic rings. The Morgan fingerprint density at radius 1 is 1.04 bits per heavy atom. The van der Waals surface area contributed by atoms with E-state index in [2.05, 4.69) is 10.2 Å². The van der Waals surface area contributed by atoms with E-state index in [1.807, 2.05) is 11.0 Å². The molecule has 0 amide bonds. The highest BCUT2D eigenvalue weighted by Crippen LogP contribution is 2.21. The molecule has 1 fully saturated rings. The molecule has 24 heavy (non-hydrogen) atoms. The number of hydrogen-bond acceptors (Lipinski definition) is 7. The molecule has 0 spiro atoms. The second-order valence-corrected chi connectivity index (χ2v) is 7.16. The number of benzene rings is 1. The Morgan fingerprint density at radius 3 is 2.25 bits per heavy atom. The monoisotopic (exact) mass is 349 g/mol. The Hall–Kier alpha value is -2.59. The lowest BCUT2D eigenvalue weighted by molar-refractivity contribution is -0.384. The Labute approximate surface area is 138 Å². The van der Waals surface area contributed by atoms with Crippen LogP contribution in [0.5, 0.6) is 0 Å². The summed E-state index contributed by atoms with van der Waals surface area (Å²) in [5.41, 5.74) is -0.138. The van der Waals surface area contributed by atoms with Gasteiger partial charge in [0.25, 0.3) is 5.69 Å². The van der Waals surface area contributed by atoms with E-state index in [1.54, 1.807) is 12.3 Å². The van der Waals surface area contributed by atoms with Crippen LogP contribution in [0.2, 0.25) is 0 Å². The average molecular weight is 349 g/mol. The molecule has 0 aliphatic carbocycles. The Bertz CT molecular complexity index is 818. The summed E-state index contributed by atoms with van der Waals surface area (Å²) in [5.74, 6) is 0.713. The summed E-state index contributed by atoms with van der Waals surface area (Å²) >= 11 is 0. The van der Waals surface area contributed by atoms with E-state index in [0.717, 1.165) is 0 Å². The van der Waals surface area contributed by atoms with Crippen molar-refractivity contribution < 1.29 is 13.3 Å². The zero-order valence-corrected chi connectivity index (χ0v) is 13.5. The average Bonchev–Trinajstić information content (AvgIpc) is 2.62. The molecule has 1 aliphatic rings. The fourth-order valence-electron chi connectivity index (χ4n) is 2.51. The molecule has 0 unspecified atom stereocenters. The zero-order chi connectivity index (χ0) is 17.2. The summed E-state index contributed by atoms with van der Waals surface area (Å²) in [4.78, 5) is 12.1. The van der Waals surface area contributed by atoms with Crippen LogP contribution in [0.4, 0.5) is 11.5 Å². The van der Waals surface area contributed by atoms with Gasteiger partial charge in [-0.1, -0.05) is 0 Å². The molecule has 0 radical (unpaired) electrons. The minimum Gasteiger partial charge on any atom is -0.352 e. The highest BCUT2D eigenvalue weighted by molar-refractivity contribution is 7.89. The third-order valence-electron chi connectivity index (χ3n) is 3.81. The van der Waals surface area contributed by atoms with E-state index in [9.17, 15) is 18.5 Å². The lowest BCUT2D eigenvalue weighted by Gasteiger charge is -2.34. The van der Waals surface area contributed by atoms with Crippen LogP contribution in [0.1, 0.15) is 0 Å². The number of nitro groups is 1. The molecular weight excluding hydrogens is 334 g/mol. The van der Waals surface area contributed by atoms with Gasteiger partial charge < -0.3 is 4.90 Å². The molecule has 1 aliphatic heterocycles. The Balaban J connectivity index is 1.72. The summed E-state index contributed by atoms with van der Waals surface area (Å²) in [6.45, 7) is 1.64. The third kappa shape index (κ3) is 3.19. The minimum atomic E-state index is -3.66. The number of rotatable bonds is 4. The van der Waals surface area contributed by atoms with Crippen LogP contribution < -0.4 is 4.90 Å². The molecule has 0 saturated carbocycles. The number of aromatic nitrogens is 2. The molecule has 10 heteroatoms. The third-order valence-corrected chi connectivity index (χ3v) is 5.72. The van der Waals surface area contributed by atoms with Gasteiger partial charge in [0, 0.05) is 44.5 Å². The number of hydrogen-bond donors (Lipinski definition) is 0. The maximum Gasteiger partial charge on any atom is 0.269 e. The molecule has 1 aromatic heterocycles. The van der Waals surface area contributed by atoms with Crippen molar-refractivity contribution in [2.75, 3.05) is 31.1 Å². The maximum absolute atomic E-state index is 12.6. The summed E-state index contributed by atoms with van der Waals surface area (Å²) in [6, 6.07) is 8.53. The fourth-order valence-corrected chi connectivity index (χ4v) is 3.93. The first-order valence-corrected chi connectivity index (χ1v) is 8.70. The van der Waals surface area contributed by atoms with Crippen molar-refractivity contribution in [1.82, 2.24) is 14.5 Å². The van der Waals surface area contributed by atoms with Crippen molar-refractivity contribution in [1.29, 1.82) is 0 Å². The summed E-state index contributed by atoms with van der Waals surface area (Å²) in [5, 5.41) is 18.5. The van der Waals surface area contributed by atoms with Crippen LogP contribution in [0.3, 0.4) is 0 Å². The fraction of sp³-hybridized carbons (Fsp3) is 0.286. The van der Waals surface area contributed by atoms with Gasteiger partial charge in [-0.2, -0.15) is 9.40 Å². The van der Waals surface area contributed by atoms with E-state index in [1.165, 1.54) is 28.6 Å². The molecular formula is C14H15N5O4S. The van der Waals surface area contributed by atoms with Crippen molar-refractivity contribution in [2.45, 2.75) is 4.90 Å². The highest BCUT2D eigenvalue weighted by atomic mass is 32.2. The summed E-state index contributed by atoms with van der Waals surface area (Å²) in [7, 11) is -3.66. The van der Waals surface area contributed by atoms with Gasteiger partial charge in [-0.25, -0.2) is 8.42 Å². The van der Waals surface area contributed by atoms with Crippen LogP contribution in [-0.2, 0) is 10.0 Å². The van der Waals surface area contributed by atoms with Gasteiger partial charge in [0.15, 0.2) is 5.82 Å². The largest absolute Gasteiger partial charge is 0.352 e. The first-order chi connectivity index (χ1) is 11.5. The summed E-state index contributed by atoms with van der Waals surface area (Å²) < 4.78 is 26.6. The standard InChI is InChI=1S/C14H15N5O4S/c20-19(21)12-3-5-13(6-4-12)24(22,23)18-10-8-17(9-11-18)14-2-1-7-15-16-14/h1-7H,8-11H2. The van der Waals surface area contributed by atoms with E-state index in [0.29, 0.717) is 32.0 Å². The smallest absolute Gasteiger partial charge is 0.269 e. The number of nitrogens with zero attached hydrogens (tertiary/aromatic N) is 5. The molecule has 126 valence electrons. The van der Waals surface area contributed by atoms with Gasteiger partial charge in [-0.3, -0.25) is 10.1 Å². The van der Waals surface area contributed by atoms with E-state index < -0.39 is 14.9 Å². The first kappa shape index (κ1) is 16.3. The highest BCUT2D eigenvalue weighted by Gasteiger charge is 2.29. The van der Waals surface area contributed by atoms with Crippen LogP contribution in [0.25, 0.3) is 0 Å². The normalized spacial score (nSPS) is 16.1. The molecule has 0 atom stereocenters. The number of piperazine rings is 1. The maximum atomic E-state index is 12.6. The second kappa shape index (κ2) is 6.49. The number of nitro benzene ring substituents is 1. The predicted octanol–water partition coefficient (Wildman–Crippen LogP) is 0.896. The van der Waals surface area contributed by atoms with E-state index in [-0.39, 0.29) is 10.6 Å². The van der Waals surface area contributed by atoms with Gasteiger partial charge >= 0.3 is 0 Å². The van der Waals surface area contributed by atoms with Crippen LogP contribution in [-0.4, -0.2) is 54.0 Å². The van der Waals surface area contributed by atoms with Gasteiger partial charge in [0.05, 0.1) is 9.82 Å². The van der Waals surface area contributed by atoms with E-state index >= 15 is 0 Å². The first-order valence-electron chi connectivity index (χ1n) is 7.26. The zero-order valence-electron chi connectivity index (χ0n) is 12.6. The van der Waals surface area contributed by atoms with Crippen molar-refractivity contribution in [3.8, 4) is 0 Å². The molecule has 0 bridgehead atoms. The van der Waals surface area contributed by atoms with Gasteiger partial charge in [-0.15, -0.1) is 5.10 Å². The van der Waals surface area contributed by atoms with Crippen LogP contribution in [0.15, 0.2) is 47.5 Å². The second-order valence-electron chi connectivity index (χ2n) is 5.22. The molecule has 1 aromatic carbocycles. The Morgan fingerprint density at radius 2 is 1.71 bits per heavy atom. The minimum absolute atomic E-state index is 0.0565. The summed E-state index contributed by atoms with van der Waals surface area (Å²) in [6.07, 6.45) is 1.58. The van der Waals surface area contributed by atoms with Gasteiger partial charge in [-0.05, 0) is 24.3 Å². The quantitative estimate of drug-likeness (QED) is 0.595. The number of anilines is 1. The number of non-ortho nitro benzene ring substituents is 1. The topological polar surface area (TPSA) is 110 Å². The van der Waals surface area contributed by atoms with Crippen LogP contribution in [0, 0.1) is 10.1 Å². The molecule has 1 saturated heterocycles. The predicted molar refractivity (Wildman–Crippen MR) is 86.1 cm³/mol. The van der Waals surface area contributed by atoms with Gasteiger partial charge in [0.1, 0.15) is 0 Å². The lowest BCUT2D eigenvalue weighted by atomic mass is 10.3. The Kier molecular flexibility index (Phi) is 4.40. The van der Waals surface area contributed by atoms with E-state index in [4.69, 9.17) is 0 Å². The lowest BCUT2D eigenvalue weighted by Crippen LogP contribution is -2.48. The molecule has 2 heterocycles. The number of sulfonamides is 1. The van der Waals surface area contributed by atoms with Crippen LogP contribution >= 0.6 is 0 Å². The molecule has 9 nitrogen and oxygen atoms in total. The van der Waals surface area contributed by atoms with Crippen molar-refractivity contribution >= 4 is 21.5 Å². The molecule has 0 N–H and O–H groups in total.